The Morgan fingerprint density at radius 1 is 1.42 bits per heavy atom. The van der Waals surface area contributed by atoms with Crippen molar-refractivity contribution in [2.75, 3.05) is 19.1 Å². The predicted molar refractivity (Wildman–Crippen MR) is 77.9 cm³/mol. The number of rotatable bonds is 3. The van der Waals surface area contributed by atoms with E-state index < -0.39 is 0 Å². The summed E-state index contributed by atoms with van der Waals surface area (Å²) < 4.78 is 11.5. The SMILES string of the molecule is Cc1cc(C#CCCl)ccc1OCC1CCCCO1. The van der Waals surface area contributed by atoms with Gasteiger partial charge in [0.1, 0.15) is 12.4 Å². The fourth-order valence-electron chi connectivity index (χ4n) is 2.15. The average molecular weight is 279 g/mol. The van der Waals surface area contributed by atoms with Crippen LogP contribution in [0.5, 0.6) is 5.75 Å². The summed E-state index contributed by atoms with van der Waals surface area (Å²) in [4.78, 5) is 0. The van der Waals surface area contributed by atoms with Crippen LogP contribution in [-0.4, -0.2) is 25.2 Å². The molecule has 1 aromatic carbocycles. The first-order valence-corrected chi connectivity index (χ1v) is 7.23. The zero-order valence-electron chi connectivity index (χ0n) is 11.2. The number of ether oxygens (including phenoxy) is 2. The highest BCUT2D eigenvalue weighted by atomic mass is 35.5. The molecule has 1 aliphatic heterocycles. The number of hydrogen-bond donors (Lipinski definition) is 0. The van der Waals surface area contributed by atoms with Gasteiger partial charge in [0.2, 0.25) is 0 Å². The minimum absolute atomic E-state index is 0.240. The zero-order chi connectivity index (χ0) is 13.5. The maximum Gasteiger partial charge on any atom is 0.122 e. The van der Waals surface area contributed by atoms with Crippen LogP contribution in [0.1, 0.15) is 30.4 Å². The van der Waals surface area contributed by atoms with Crippen molar-refractivity contribution in [3.63, 3.8) is 0 Å². The van der Waals surface area contributed by atoms with E-state index in [1.165, 1.54) is 12.8 Å². The smallest absolute Gasteiger partial charge is 0.122 e. The highest BCUT2D eigenvalue weighted by molar-refractivity contribution is 6.19. The molecule has 3 heteroatoms. The Morgan fingerprint density at radius 3 is 3.00 bits per heavy atom. The van der Waals surface area contributed by atoms with Crippen molar-refractivity contribution in [1.29, 1.82) is 0 Å². The van der Waals surface area contributed by atoms with Crippen LogP contribution >= 0.6 is 11.6 Å². The van der Waals surface area contributed by atoms with Crippen molar-refractivity contribution < 1.29 is 9.47 Å². The molecule has 1 fully saturated rings. The first-order valence-electron chi connectivity index (χ1n) is 6.69. The van der Waals surface area contributed by atoms with Crippen molar-refractivity contribution in [2.45, 2.75) is 32.3 Å². The van der Waals surface area contributed by atoms with Gasteiger partial charge in [-0.05, 0) is 49.9 Å². The molecule has 1 heterocycles. The maximum atomic E-state index is 5.84. The third kappa shape index (κ3) is 4.45. The molecule has 1 atom stereocenters. The van der Waals surface area contributed by atoms with Crippen molar-refractivity contribution in [2.24, 2.45) is 0 Å². The summed E-state index contributed by atoms with van der Waals surface area (Å²) in [7, 11) is 0. The lowest BCUT2D eigenvalue weighted by Crippen LogP contribution is -2.25. The summed E-state index contributed by atoms with van der Waals surface area (Å²) in [6.07, 6.45) is 3.74. The van der Waals surface area contributed by atoms with Gasteiger partial charge >= 0.3 is 0 Å². The van der Waals surface area contributed by atoms with Gasteiger partial charge < -0.3 is 9.47 Å². The molecule has 0 aliphatic carbocycles. The number of benzene rings is 1. The molecule has 0 radical (unpaired) electrons. The highest BCUT2D eigenvalue weighted by Crippen LogP contribution is 2.20. The van der Waals surface area contributed by atoms with Crippen LogP contribution in [0.3, 0.4) is 0 Å². The Hall–Kier alpha value is -1.17. The summed E-state index contributed by atoms with van der Waals surface area (Å²) in [6, 6.07) is 5.95. The first-order chi connectivity index (χ1) is 9.29. The Morgan fingerprint density at radius 2 is 2.32 bits per heavy atom. The Labute approximate surface area is 120 Å². The lowest BCUT2D eigenvalue weighted by Gasteiger charge is -2.23. The minimum Gasteiger partial charge on any atom is -0.491 e. The fraction of sp³-hybridized carbons (Fsp3) is 0.500. The van der Waals surface area contributed by atoms with Gasteiger partial charge in [-0.25, -0.2) is 0 Å². The molecule has 0 spiro atoms. The number of aryl methyl sites for hydroxylation is 1. The van der Waals surface area contributed by atoms with Crippen LogP contribution in [0, 0.1) is 18.8 Å². The summed E-state index contributed by atoms with van der Waals surface area (Å²) >= 11 is 5.55. The van der Waals surface area contributed by atoms with Crippen LogP contribution in [0.15, 0.2) is 18.2 Å². The standard InChI is InChI=1S/C16H19ClO2/c1-13-11-14(5-4-9-17)7-8-16(13)19-12-15-6-2-3-10-18-15/h7-8,11,15H,2-3,6,9-10,12H2,1H3. The van der Waals surface area contributed by atoms with Gasteiger partial charge in [-0.15, -0.1) is 11.6 Å². The van der Waals surface area contributed by atoms with Crippen LogP contribution in [0.2, 0.25) is 0 Å². The van der Waals surface area contributed by atoms with E-state index in [9.17, 15) is 0 Å². The number of halogens is 1. The summed E-state index contributed by atoms with van der Waals surface area (Å²) in [5, 5.41) is 0. The Balaban J connectivity index is 1.93. The average Bonchev–Trinajstić information content (AvgIpc) is 2.45. The van der Waals surface area contributed by atoms with E-state index in [4.69, 9.17) is 21.1 Å². The normalized spacial score (nSPS) is 18.5. The summed E-state index contributed by atoms with van der Waals surface area (Å²) in [5.41, 5.74) is 2.07. The van der Waals surface area contributed by atoms with Gasteiger partial charge in [-0.1, -0.05) is 11.8 Å². The second kappa shape index (κ2) is 7.43. The quantitative estimate of drug-likeness (QED) is 0.622. The highest BCUT2D eigenvalue weighted by Gasteiger charge is 2.14. The lowest BCUT2D eigenvalue weighted by atomic mass is 10.1. The largest absolute Gasteiger partial charge is 0.491 e. The number of alkyl halides is 1. The zero-order valence-corrected chi connectivity index (χ0v) is 12.0. The topological polar surface area (TPSA) is 18.5 Å². The maximum absolute atomic E-state index is 5.84. The van der Waals surface area contributed by atoms with E-state index in [2.05, 4.69) is 11.8 Å². The van der Waals surface area contributed by atoms with Crippen molar-refractivity contribution in [3.05, 3.63) is 29.3 Å². The molecule has 0 N–H and O–H groups in total. The van der Waals surface area contributed by atoms with Crippen molar-refractivity contribution in [3.8, 4) is 17.6 Å². The third-order valence-electron chi connectivity index (χ3n) is 3.17. The van der Waals surface area contributed by atoms with Gasteiger partial charge in [0, 0.05) is 12.2 Å². The van der Waals surface area contributed by atoms with E-state index >= 15 is 0 Å². The van der Waals surface area contributed by atoms with E-state index in [1.807, 2.05) is 25.1 Å². The molecule has 19 heavy (non-hydrogen) atoms. The molecule has 2 rings (SSSR count). The molecule has 0 saturated carbocycles. The van der Waals surface area contributed by atoms with Crippen molar-refractivity contribution in [1.82, 2.24) is 0 Å². The van der Waals surface area contributed by atoms with Gasteiger partial charge in [0.05, 0.1) is 12.0 Å². The fourth-order valence-corrected chi connectivity index (χ4v) is 2.21. The second-order valence-electron chi connectivity index (χ2n) is 4.72. The van der Waals surface area contributed by atoms with E-state index in [0.717, 1.165) is 29.9 Å². The van der Waals surface area contributed by atoms with Crippen LogP contribution < -0.4 is 4.74 Å². The number of hydrogen-bond acceptors (Lipinski definition) is 2. The van der Waals surface area contributed by atoms with E-state index in [0.29, 0.717) is 12.5 Å². The first kappa shape index (κ1) is 14.2. The molecule has 0 aromatic heterocycles. The third-order valence-corrected chi connectivity index (χ3v) is 3.31. The molecule has 1 aromatic rings. The molecule has 0 amide bonds. The van der Waals surface area contributed by atoms with Crippen LogP contribution in [-0.2, 0) is 4.74 Å². The van der Waals surface area contributed by atoms with Gasteiger partial charge in [-0.2, -0.15) is 0 Å². The lowest BCUT2D eigenvalue weighted by molar-refractivity contribution is -0.0111. The second-order valence-corrected chi connectivity index (χ2v) is 4.98. The molecule has 1 aliphatic rings. The Bertz CT molecular complexity index is 467. The summed E-state index contributed by atoms with van der Waals surface area (Å²) in [5.74, 6) is 7.12. The van der Waals surface area contributed by atoms with Gasteiger partial charge in [0.25, 0.3) is 0 Å². The van der Waals surface area contributed by atoms with E-state index in [-0.39, 0.29) is 6.10 Å². The van der Waals surface area contributed by atoms with Gasteiger partial charge in [0.15, 0.2) is 0 Å². The van der Waals surface area contributed by atoms with Gasteiger partial charge in [-0.3, -0.25) is 0 Å². The van der Waals surface area contributed by atoms with Crippen LogP contribution in [0.25, 0.3) is 0 Å². The Kier molecular flexibility index (Phi) is 5.57. The molecule has 0 bridgehead atoms. The summed E-state index contributed by atoms with van der Waals surface area (Å²) in [6.45, 7) is 3.52. The molecular weight excluding hydrogens is 260 g/mol. The monoisotopic (exact) mass is 278 g/mol. The molecule has 102 valence electrons. The molecular formula is C16H19ClO2. The van der Waals surface area contributed by atoms with Crippen LogP contribution in [0.4, 0.5) is 0 Å². The van der Waals surface area contributed by atoms with Crippen molar-refractivity contribution >= 4 is 11.6 Å². The molecule has 1 unspecified atom stereocenters. The molecule has 1 saturated heterocycles. The van der Waals surface area contributed by atoms with E-state index in [1.54, 1.807) is 0 Å². The predicted octanol–water partition coefficient (Wildman–Crippen LogP) is 3.53. The minimum atomic E-state index is 0.240. The molecule has 2 nitrogen and oxygen atoms in total.